The zero-order chi connectivity index (χ0) is 29.6. The van der Waals surface area contributed by atoms with Crippen LogP contribution in [0.15, 0.2) is 109 Å². The molecule has 10 nitrogen and oxygen atoms in total. The normalized spacial score (nSPS) is 13.9. The number of ether oxygens (including phenoxy) is 2. The molecule has 0 aliphatic heterocycles. The van der Waals surface area contributed by atoms with Crippen molar-refractivity contribution in [1.29, 1.82) is 0 Å². The fourth-order valence-corrected chi connectivity index (χ4v) is 4.10. The second-order valence-electron chi connectivity index (χ2n) is 9.49. The molecule has 0 aliphatic carbocycles. The average molecular weight is 571 g/mol. The van der Waals surface area contributed by atoms with Gasteiger partial charge in [0.1, 0.15) is 12.2 Å². The van der Waals surface area contributed by atoms with Crippen LogP contribution in [0.1, 0.15) is 22.5 Å². The molecule has 2 aromatic heterocycles. The van der Waals surface area contributed by atoms with Crippen molar-refractivity contribution in [2.24, 2.45) is 0 Å². The quantitative estimate of drug-likeness (QED) is 0.171. The Morgan fingerprint density at radius 2 is 0.976 bits per heavy atom. The number of amides is 2. The van der Waals surface area contributed by atoms with Crippen molar-refractivity contribution in [2.45, 2.75) is 50.7 Å². The van der Waals surface area contributed by atoms with Crippen LogP contribution >= 0.6 is 0 Å². The Hall–Kier alpha value is -4.48. The van der Waals surface area contributed by atoms with Crippen LogP contribution in [-0.4, -0.2) is 56.4 Å². The van der Waals surface area contributed by atoms with Gasteiger partial charge in [-0.25, -0.2) is 0 Å². The molecular formula is C32H34N4O6. The number of hydrogen-bond donors (Lipinski definition) is 4. The SMILES string of the molecule is O=C(NCc1ccccn1)[C@H](OCc1ccccc1)[C@H](O)[C@@H](O)[C@@H](OCc1ccccc1)C(=O)NCc1ccccn1. The fraction of sp³-hybridized carbons (Fsp3) is 0.250. The number of rotatable bonds is 15. The smallest absolute Gasteiger partial charge is 0.252 e. The minimum Gasteiger partial charge on any atom is -0.387 e. The van der Waals surface area contributed by atoms with Gasteiger partial charge in [-0.2, -0.15) is 0 Å². The van der Waals surface area contributed by atoms with Gasteiger partial charge in [0.05, 0.1) is 37.7 Å². The molecule has 42 heavy (non-hydrogen) atoms. The van der Waals surface area contributed by atoms with E-state index in [1.807, 2.05) is 60.7 Å². The van der Waals surface area contributed by atoms with Crippen LogP contribution in [0.2, 0.25) is 0 Å². The number of pyridine rings is 2. The van der Waals surface area contributed by atoms with E-state index >= 15 is 0 Å². The number of benzene rings is 2. The molecule has 0 radical (unpaired) electrons. The van der Waals surface area contributed by atoms with Gasteiger partial charge >= 0.3 is 0 Å². The second kappa shape index (κ2) is 16.1. The van der Waals surface area contributed by atoms with Crippen molar-refractivity contribution in [3.05, 3.63) is 132 Å². The van der Waals surface area contributed by atoms with Gasteiger partial charge in [0.25, 0.3) is 11.8 Å². The summed E-state index contributed by atoms with van der Waals surface area (Å²) in [4.78, 5) is 34.9. The summed E-state index contributed by atoms with van der Waals surface area (Å²) in [5.41, 5.74) is 2.71. The zero-order valence-electron chi connectivity index (χ0n) is 23.0. The first kappa shape index (κ1) is 30.5. The third-order valence-electron chi connectivity index (χ3n) is 6.37. The van der Waals surface area contributed by atoms with Gasteiger partial charge in [-0.15, -0.1) is 0 Å². The lowest BCUT2D eigenvalue weighted by molar-refractivity contribution is -0.170. The molecule has 0 spiro atoms. The molecular weight excluding hydrogens is 536 g/mol. The van der Waals surface area contributed by atoms with E-state index in [0.717, 1.165) is 11.1 Å². The molecule has 4 N–H and O–H groups in total. The van der Waals surface area contributed by atoms with Crippen LogP contribution in [0, 0.1) is 0 Å². The predicted molar refractivity (Wildman–Crippen MR) is 154 cm³/mol. The Labute approximate surface area is 244 Å². The van der Waals surface area contributed by atoms with Crippen molar-refractivity contribution < 1.29 is 29.3 Å². The molecule has 0 bridgehead atoms. The monoisotopic (exact) mass is 570 g/mol. The lowest BCUT2D eigenvalue weighted by atomic mass is 10.0. The van der Waals surface area contributed by atoms with Crippen molar-refractivity contribution >= 4 is 11.8 Å². The Kier molecular flexibility index (Phi) is 11.7. The molecule has 0 saturated heterocycles. The number of carbonyl (C=O) groups is 2. The third-order valence-corrected chi connectivity index (χ3v) is 6.37. The topological polar surface area (TPSA) is 143 Å². The van der Waals surface area contributed by atoms with E-state index in [2.05, 4.69) is 20.6 Å². The minimum atomic E-state index is -1.82. The van der Waals surface area contributed by atoms with Crippen molar-refractivity contribution in [2.75, 3.05) is 0 Å². The summed E-state index contributed by atoms with van der Waals surface area (Å²) in [6.07, 6.45) is -3.51. The number of nitrogens with zero attached hydrogens (tertiary/aromatic N) is 2. The van der Waals surface area contributed by atoms with E-state index in [1.165, 1.54) is 0 Å². The molecule has 0 aliphatic rings. The lowest BCUT2D eigenvalue weighted by Crippen LogP contribution is -2.55. The molecule has 0 unspecified atom stereocenters. The van der Waals surface area contributed by atoms with Gasteiger partial charge < -0.3 is 30.3 Å². The van der Waals surface area contributed by atoms with Gasteiger partial charge in [-0.3, -0.25) is 19.6 Å². The van der Waals surface area contributed by atoms with Gasteiger partial charge in [0.2, 0.25) is 0 Å². The summed E-state index contributed by atoms with van der Waals surface area (Å²) in [5.74, 6) is -1.36. The van der Waals surface area contributed by atoms with Crippen LogP contribution < -0.4 is 10.6 Å². The molecule has 4 rings (SSSR count). The maximum Gasteiger partial charge on any atom is 0.252 e. The predicted octanol–water partition coefficient (Wildman–Crippen LogP) is 2.30. The molecule has 2 heterocycles. The molecule has 0 saturated carbocycles. The maximum absolute atomic E-state index is 13.3. The number of hydrogen-bond acceptors (Lipinski definition) is 8. The van der Waals surface area contributed by atoms with Crippen molar-refractivity contribution in [3.63, 3.8) is 0 Å². The minimum absolute atomic E-state index is 0.0201. The summed E-state index contributed by atoms with van der Waals surface area (Å²) >= 11 is 0. The number of nitrogens with one attached hydrogen (secondary N) is 2. The molecule has 0 fully saturated rings. The van der Waals surface area contributed by atoms with Gasteiger partial charge in [-0.1, -0.05) is 72.8 Å². The lowest BCUT2D eigenvalue weighted by Gasteiger charge is -2.30. The second-order valence-corrected chi connectivity index (χ2v) is 9.49. The van der Waals surface area contributed by atoms with Crippen LogP contribution in [0.4, 0.5) is 0 Å². The molecule has 4 atom stereocenters. The molecule has 218 valence electrons. The van der Waals surface area contributed by atoms with Crippen LogP contribution in [0.25, 0.3) is 0 Å². The van der Waals surface area contributed by atoms with Crippen LogP contribution in [0.3, 0.4) is 0 Å². The number of aromatic nitrogens is 2. The van der Waals surface area contributed by atoms with E-state index in [9.17, 15) is 19.8 Å². The molecule has 2 amide bonds. The summed E-state index contributed by atoms with van der Waals surface area (Å²) < 4.78 is 11.7. The highest BCUT2D eigenvalue weighted by atomic mass is 16.5. The van der Waals surface area contributed by atoms with Crippen molar-refractivity contribution in [1.82, 2.24) is 20.6 Å². The largest absolute Gasteiger partial charge is 0.387 e. The average Bonchev–Trinajstić information content (AvgIpc) is 3.04. The fourth-order valence-electron chi connectivity index (χ4n) is 4.10. The van der Waals surface area contributed by atoms with Gasteiger partial charge in [0, 0.05) is 12.4 Å². The summed E-state index contributed by atoms with van der Waals surface area (Å²) in [5, 5.41) is 28.0. The summed E-state index contributed by atoms with van der Waals surface area (Å²) in [6, 6.07) is 28.8. The first-order chi connectivity index (χ1) is 20.5. The Bertz CT molecular complexity index is 1260. The number of aliphatic hydroxyl groups is 2. The Balaban J connectivity index is 1.51. The molecule has 10 heteroatoms. The van der Waals surface area contributed by atoms with Gasteiger partial charge in [-0.05, 0) is 35.4 Å². The van der Waals surface area contributed by atoms with Crippen molar-refractivity contribution in [3.8, 4) is 0 Å². The Morgan fingerprint density at radius 3 is 1.33 bits per heavy atom. The van der Waals surface area contributed by atoms with Crippen LogP contribution in [0.5, 0.6) is 0 Å². The molecule has 4 aromatic rings. The van der Waals surface area contributed by atoms with E-state index in [0.29, 0.717) is 11.4 Å². The first-order valence-electron chi connectivity index (χ1n) is 13.5. The van der Waals surface area contributed by atoms with E-state index in [4.69, 9.17) is 9.47 Å². The highest BCUT2D eigenvalue weighted by molar-refractivity contribution is 5.83. The Morgan fingerprint density at radius 1 is 0.595 bits per heavy atom. The number of aliphatic hydroxyl groups excluding tert-OH is 2. The maximum atomic E-state index is 13.3. The summed E-state index contributed by atoms with van der Waals surface area (Å²) in [6.45, 7) is 0.111. The van der Waals surface area contributed by atoms with E-state index < -0.39 is 36.2 Å². The van der Waals surface area contributed by atoms with Gasteiger partial charge in [0.15, 0.2) is 12.2 Å². The highest BCUT2D eigenvalue weighted by Crippen LogP contribution is 2.16. The third kappa shape index (κ3) is 9.28. The van der Waals surface area contributed by atoms with E-state index in [1.54, 1.807) is 48.8 Å². The highest BCUT2D eigenvalue weighted by Gasteiger charge is 2.40. The molecule has 2 aromatic carbocycles. The van der Waals surface area contributed by atoms with Crippen LogP contribution in [-0.2, 0) is 45.4 Å². The standard InChI is InChI=1S/C32H34N4O6/c37-27(29(41-21-23-11-3-1-4-12-23)31(39)35-19-25-15-7-9-17-33-25)28(38)30(42-22-24-13-5-2-6-14-24)32(40)36-20-26-16-8-10-18-34-26/h1-18,27-30,37-38H,19-22H2,(H,35,39)(H,36,40)/t27-,28-,29-,30-/m1/s1. The van der Waals surface area contributed by atoms with E-state index in [-0.39, 0.29) is 26.3 Å². The summed E-state index contributed by atoms with van der Waals surface area (Å²) in [7, 11) is 0. The zero-order valence-corrected chi connectivity index (χ0v) is 23.0. The number of carbonyl (C=O) groups excluding carboxylic acids is 2. The first-order valence-corrected chi connectivity index (χ1v) is 13.5.